The number of aromatic nitrogens is 3. The Kier molecular flexibility index (Phi) is 8.73. The van der Waals surface area contributed by atoms with Gasteiger partial charge < -0.3 is 11.1 Å². The molecule has 9 nitrogen and oxygen atoms in total. The van der Waals surface area contributed by atoms with E-state index in [0.29, 0.717) is 33.6 Å². The average molecular weight is 512 g/mol. The van der Waals surface area contributed by atoms with E-state index in [-0.39, 0.29) is 13.0 Å². The molecule has 0 saturated heterocycles. The number of nitrogens with two attached hydrogens (primary N) is 1. The minimum Gasteiger partial charge on any atom is -0.404 e. The smallest absolute Gasteiger partial charge is 0.389 e. The topological polar surface area (TPSA) is 139 Å². The van der Waals surface area contributed by atoms with E-state index in [4.69, 9.17) is 11.0 Å². The van der Waals surface area contributed by atoms with Gasteiger partial charge in [0.15, 0.2) is 5.65 Å². The largest absolute Gasteiger partial charge is 0.404 e. The molecule has 3 rings (SSSR count). The molecule has 0 aliphatic heterocycles. The zero-order valence-corrected chi connectivity index (χ0v) is 19.9. The first-order valence-corrected chi connectivity index (χ1v) is 11.2. The summed E-state index contributed by atoms with van der Waals surface area (Å²) in [6.45, 7) is 1.47. The molecule has 0 fully saturated rings. The number of benzene rings is 1. The molecule has 12 heteroatoms. The van der Waals surface area contributed by atoms with Crippen molar-refractivity contribution in [3.05, 3.63) is 60.1 Å². The van der Waals surface area contributed by atoms with Gasteiger partial charge in [-0.2, -0.15) is 23.5 Å². The second-order valence-corrected chi connectivity index (χ2v) is 8.14. The highest BCUT2D eigenvalue weighted by Gasteiger charge is 2.27. The molecule has 1 atom stereocenters. The highest BCUT2D eigenvalue weighted by molar-refractivity contribution is 6.10. The van der Waals surface area contributed by atoms with Crippen LogP contribution in [0.3, 0.4) is 0 Å². The number of imidazole rings is 1. The van der Waals surface area contributed by atoms with Crippen molar-refractivity contribution in [1.29, 1.82) is 5.26 Å². The molecule has 3 aromatic rings. The minimum absolute atomic E-state index is 0.102. The fraction of sp³-hybridized carbons (Fsp3) is 0.280. The second kappa shape index (κ2) is 11.9. The van der Waals surface area contributed by atoms with Crippen molar-refractivity contribution >= 4 is 29.1 Å². The number of aliphatic imine (C=N–C) groups is 1. The number of alkyl halides is 3. The lowest BCUT2D eigenvalue weighted by atomic mass is 10.0. The van der Waals surface area contributed by atoms with Gasteiger partial charge in [-0.25, -0.2) is 9.50 Å². The van der Waals surface area contributed by atoms with Gasteiger partial charge in [0, 0.05) is 42.0 Å². The third-order valence-electron chi connectivity index (χ3n) is 5.34. The maximum absolute atomic E-state index is 12.4. The number of carbonyl (C=O) groups is 2. The van der Waals surface area contributed by atoms with E-state index in [0.717, 1.165) is 0 Å². The van der Waals surface area contributed by atoms with E-state index in [2.05, 4.69) is 20.4 Å². The molecular formula is C25H24F3N7O2. The van der Waals surface area contributed by atoms with E-state index >= 15 is 0 Å². The minimum atomic E-state index is -4.37. The molecular weight excluding hydrogens is 487 g/mol. The summed E-state index contributed by atoms with van der Waals surface area (Å²) in [5.41, 5.74) is 9.25. The van der Waals surface area contributed by atoms with Gasteiger partial charge in [0.25, 0.3) is 0 Å². The molecule has 2 aromatic heterocycles. The zero-order chi connectivity index (χ0) is 27.0. The van der Waals surface area contributed by atoms with Gasteiger partial charge in [-0.1, -0.05) is 18.2 Å². The lowest BCUT2D eigenvalue weighted by molar-refractivity contribution is -0.143. The molecule has 0 aliphatic rings. The van der Waals surface area contributed by atoms with Crippen LogP contribution in [0.2, 0.25) is 0 Å². The van der Waals surface area contributed by atoms with Gasteiger partial charge in [-0.3, -0.25) is 14.6 Å². The van der Waals surface area contributed by atoms with Crippen molar-refractivity contribution in [2.75, 3.05) is 6.54 Å². The van der Waals surface area contributed by atoms with Gasteiger partial charge in [-0.05, 0) is 24.6 Å². The summed E-state index contributed by atoms with van der Waals surface area (Å²) in [7, 11) is 0. The number of halogens is 3. The van der Waals surface area contributed by atoms with E-state index < -0.39 is 36.8 Å². The van der Waals surface area contributed by atoms with Crippen molar-refractivity contribution in [1.82, 2.24) is 19.9 Å². The van der Waals surface area contributed by atoms with Gasteiger partial charge in [0.1, 0.15) is 18.4 Å². The standard InChI is InChI=1S/C25H24F3N7O2/c1-16(24(37)31-8-7-29)32-13-20(12-30)19-11-23-33-15-22(35(23)34-14-19)18-4-2-3-17(9-18)10-21(36)5-6-25(26,27)28/h2-4,9,11-16H,5-6,8,10,30H2,1H3,(H,31,37). The molecule has 0 bridgehead atoms. The monoisotopic (exact) mass is 511 g/mol. The molecule has 0 radical (unpaired) electrons. The molecule has 2 heterocycles. The highest BCUT2D eigenvalue weighted by atomic mass is 19.4. The van der Waals surface area contributed by atoms with Crippen LogP contribution in [-0.4, -0.2) is 51.3 Å². The maximum Gasteiger partial charge on any atom is 0.389 e. The summed E-state index contributed by atoms with van der Waals surface area (Å²) in [5.74, 6) is -0.889. The number of Topliss-reactive ketones (excluding diaryl/α,β-unsaturated/α-hetero) is 1. The number of hydrogen-bond donors (Lipinski definition) is 2. The van der Waals surface area contributed by atoms with Crippen molar-refractivity contribution in [2.45, 2.75) is 38.4 Å². The molecule has 37 heavy (non-hydrogen) atoms. The van der Waals surface area contributed by atoms with Gasteiger partial charge >= 0.3 is 6.18 Å². The number of nitrogens with zero attached hydrogens (tertiary/aromatic N) is 5. The number of amides is 1. The number of rotatable bonds is 10. The number of nitriles is 1. The zero-order valence-electron chi connectivity index (χ0n) is 19.9. The third kappa shape index (κ3) is 7.47. The number of hydrogen-bond acceptors (Lipinski definition) is 7. The van der Waals surface area contributed by atoms with Crippen molar-refractivity contribution < 1.29 is 22.8 Å². The van der Waals surface area contributed by atoms with Crippen molar-refractivity contribution in [3.63, 3.8) is 0 Å². The van der Waals surface area contributed by atoms with E-state index in [1.54, 1.807) is 54.2 Å². The summed E-state index contributed by atoms with van der Waals surface area (Å²) < 4.78 is 38.8. The van der Waals surface area contributed by atoms with Crippen LogP contribution < -0.4 is 11.1 Å². The van der Waals surface area contributed by atoms with Crippen LogP contribution in [0.1, 0.15) is 30.9 Å². The first kappa shape index (κ1) is 27.1. The Morgan fingerprint density at radius 3 is 2.78 bits per heavy atom. The Morgan fingerprint density at radius 1 is 1.30 bits per heavy atom. The molecule has 0 aliphatic carbocycles. The highest BCUT2D eigenvalue weighted by Crippen LogP contribution is 2.24. The molecule has 3 N–H and O–H groups in total. The predicted molar refractivity (Wildman–Crippen MR) is 131 cm³/mol. The molecule has 1 amide bonds. The second-order valence-electron chi connectivity index (χ2n) is 8.14. The summed E-state index contributed by atoms with van der Waals surface area (Å²) in [6.07, 6.45) is -0.262. The van der Waals surface area contributed by atoms with Crippen LogP contribution in [-0.2, 0) is 16.0 Å². The summed E-state index contributed by atoms with van der Waals surface area (Å²) >= 11 is 0. The predicted octanol–water partition coefficient (Wildman–Crippen LogP) is 3.25. The SMILES string of the molecule is CC(N=CC(=CN)c1cnn2c(-c3cccc(CC(=O)CCC(F)(F)F)c3)cnc2c1)C(=O)NCC#N. The van der Waals surface area contributed by atoms with Gasteiger partial charge in [0.2, 0.25) is 5.91 Å². The van der Waals surface area contributed by atoms with Crippen LogP contribution in [0.4, 0.5) is 13.2 Å². The van der Waals surface area contributed by atoms with Crippen LogP contribution in [0.15, 0.2) is 53.9 Å². The summed E-state index contributed by atoms with van der Waals surface area (Å²) in [4.78, 5) is 32.4. The van der Waals surface area contributed by atoms with Gasteiger partial charge in [-0.15, -0.1) is 0 Å². The van der Waals surface area contributed by atoms with Crippen molar-refractivity contribution in [3.8, 4) is 17.3 Å². The van der Waals surface area contributed by atoms with Crippen molar-refractivity contribution in [2.24, 2.45) is 10.7 Å². The molecule has 1 unspecified atom stereocenters. The quantitative estimate of drug-likeness (QED) is 0.317. The summed E-state index contributed by atoms with van der Waals surface area (Å²) in [5, 5.41) is 15.4. The number of ketones is 1. The molecule has 192 valence electrons. The Balaban J connectivity index is 1.77. The van der Waals surface area contributed by atoms with Crippen LogP contribution in [0, 0.1) is 11.3 Å². The third-order valence-corrected chi connectivity index (χ3v) is 5.34. The number of nitrogens with one attached hydrogen (secondary N) is 1. The first-order valence-electron chi connectivity index (χ1n) is 11.2. The molecule has 1 aromatic carbocycles. The number of fused-ring (bicyclic) bond motifs is 1. The number of carbonyl (C=O) groups excluding carboxylic acids is 2. The van der Waals surface area contributed by atoms with Crippen LogP contribution in [0.5, 0.6) is 0 Å². The lowest BCUT2D eigenvalue weighted by Gasteiger charge is -2.08. The Labute approximate surface area is 210 Å². The van der Waals surface area contributed by atoms with Gasteiger partial charge in [0.05, 0.1) is 30.6 Å². The normalized spacial score (nSPS) is 13.0. The van der Waals surface area contributed by atoms with E-state index in [1.807, 2.05) is 6.07 Å². The summed E-state index contributed by atoms with van der Waals surface area (Å²) in [6, 6.07) is 9.74. The Bertz CT molecular complexity index is 1390. The fourth-order valence-corrected chi connectivity index (χ4v) is 3.42. The molecule has 0 spiro atoms. The van der Waals surface area contributed by atoms with Crippen LogP contribution >= 0.6 is 0 Å². The fourth-order valence-electron chi connectivity index (χ4n) is 3.42. The van der Waals surface area contributed by atoms with Crippen LogP contribution in [0.25, 0.3) is 22.5 Å². The molecule has 0 saturated carbocycles. The lowest BCUT2D eigenvalue weighted by Crippen LogP contribution is -2.31. The maximum atomic E-state index is 12.4. The Morgan fingerprint density at radius 2 is 2.08 bits per heavy atom. The Hall–Kier alpha value is -4.53. The first-order chi connectivity index (χ1) is 17.6. The van der Waals surface area contributed by atoms with E-state index in [1.165, 1.54) is 12.4 Å². The van der Waals surface area contributed by atoms with E-state index in [9.17, 15) is 22.8 Å². The average Bonchev–Trinajstić information content (AvgIpc) is 3.29. The number of allylic oxidation sites excluding steroid dienone is 1.